The maximum atomic E-state index is 9.56. The number of nitrogens with zero attached hydrogens (tertiary/aromatic N) is 2. The van der Waals surface area contributed by atoms with E-state index >= 15 is 0 Å². The Morgan fingerprint density at radius 3 is 2.82 bits per heavy atom. The molecule has 1 aromatic carbocycles. The summed E-state index contributed by atoms with van der Waals surface area (Å²) in [5.74, 6) is 1.23. The molecule has 1 fully saturated rings. The van der Waals surface area contributed by atoms with Crippen LogP contribution in [0.3, 0.4) is 0 Å². The van der Waals surface area contributed by atoms with Gasteiger partial charge in [0, 0.05) is 17.6 Å². The summed E-state index contributed by atoms with van der Waals surface area (Å²) in [6.45, 7) is 0.212. The van der Waals surface area contributed by atoms with E-state index in [9.17, 15) is 5.11 Å². The van der Waals surface area contributed by atoms with E-state index in [0.29, 0.717) is 17.7 Å². The lowest BCUT2D eigenvalue weighted by molar-refractivity contribution is 0.126. The van der Waals surface area contributed by atoms with Gasteiger partial charge < -0.3 is 20.3 Å². The van der Waals surface area contributed by atoms with Crippen LogP contribution in [-0.2, 0) is 0 Å². The van der Waals surface area contributed by atoms with Crippen molar-refractivity contribution >= 4 is 16.9 Å². The zero-order chi connectivity index (χ0) is 15.4. The molecule has 1 saturated carbocycles. The Morgan fingerprint density at radius 1 is 1.23 bits per heavy atom. The van der Waals surface area contributed by atoms with Crippen molar-refractivity contribution in [1.82, 2.24) is 9.97 Å². The molecular weight excluding hydrogens is 282 g/mol. The molecule has 2 aromatic rings. The largest absolute Gasteiger partial charge is 0.489 e. The van der Waals surface area contributed by atoms with Crippen LogP contribution in [0.5, 0.6) is 5.75 Å². The first kappa shape index (κ1) is 15.0. The molecule has 1 aliphatic rings. The number of aliphatic hydroxyl groups excluding tert-OH is 2. The predicted octanol–water partition coefficient (Wildman–Crippen LogP) is 1.72. The molecule has 1 heterocycles. The van der Waals surface area contributed by atoms with Gasteiger partial charge in [-0.3, -0.25) is 0 Å². The zero-order valence-electron chi connectivity index (χ0n) is 12.4. The quantitative estimate of drug-likeness (QED) is 0.779. The van der Waals surface area contributed by atoms with Crippen LogP contribution < -0.4 is 10.1 Å². The molecule has 0 radical (unpaired) electrons. The SMILES string of the molecule is OCCOc1cccc2cnc(N[C@H]3CC[C@H](O)CC3)nc12. The van der Waals surface area contributed by atoms with Gasteiger partial charge in [-0.1, -0.05) is 12.1 Å². The van der Waals surface area contributed by atoms with Crippen LogP contribution in [-0.4, -0.2) is 45.5 Å². The molecule has 0 saturated heterocycles. The Bertz CT molecular complexity index is 627. The van der Waals surface area contributed by atoms with Crippen LogP contribution >= 0.6 is 0 Å². The maximum Gasteiger partial charge on any atom is 0.223 e. The van der Waals surface area contributed by atoms with Crippen molar-refractivity contribution in [3.8, 4) is 5.75 Å². The fourth-order valence-corrected chi connectivity index (χ4v) is 2.77. The van der Waals surface area contributed by atoms with E-state index < -0.39 is 0 Å². The van der Waals surface area contributed by atoms with E-state index in [4.69, 9.17) is 9.84 Å². The Kier molecular flexibility index (Phi) is 4.70. The number of nitrogens with one attached hydrogen (secondary N) is 1. The van der Waals surface area contributed by atoms with Crippen molar-refractivity contribution in [2.24, 2.45) is 0 Å². The van der Waals surface area contributed by atoms with Gasteiger partial charge in [0.05, 0.1) is 12.7 Å². The van der Waals surface area contributed by atoms with Crippen LogP contribution in [0.4, 0.5) is 5.95 Å². The molecule has 118 valence electrons. The number of ether oxygens (including phenoxy) is 1. The number of rotatable bonds is 5. The second kappa shape index (κ2) is 6.89. The number of benzene rings is 1. The molecule has 0 spiro atoms. The smallest absolute Gasteiger partial charge is 0.223 e. The minimum absolute atomic E-state index is 0.0308. The average Bonchev–Trinajstić information content (AvgIpc) is 2.55. The Balaban J connectivity index is 1.79. The zero-order valence-corrected chi connectivity index (χ0v) is 12.4. The molecule has 6 heteroatoms. The molecule has 3 rings (SSSR count). The highest BCUT2D eigenvalue weighted by Crippen LogP contribution is 2.25. The molecule has 6 nitrogen and oxygen atoms in total. The lowest BCUT2D eigenvalue weighted by Gasteiger charge is -2.26. The van der Waals surface area contributed by atoms with Gasteiger partial charge in [-0.2, -0.15) is 0 Å². The molecule has 0 bridgehead atoms. The van der Waals surface area contributed by atoms with Gasteiger partial charge in [0.15, 0.2) is 0 Å². The second-order valence-electron chi connectivity index (χ2n) is 5.61. The molecular formula is C16H21N3O3. The first-order valence-corrected chi connectivity index (χ1v) is 7.70. The fourth-order valence-electron chi connectivity index (χ4n) is 2.77. The summed E-state index contributed by atoms with van der Waals surface area (Å²) in [6, 6.07) is 5.95. The monoisotopic (exact) mass is 303 g/mol. The molecule has 0 atom stereocenters. The summed E-state index contributed by atoms with van der Waals surface area (Å²) in [6.07, 6.45) is 5.07. The van der Waals surface area contributed by atoms with Gasteiger partial charge in [0.25, 0.3) is 0 Å². The number of aliphatic hydroxyl groups is 2. The van der Waals surface area contributed by atoms with E-state index in [2.05, 4.69) is 15.3 Å². The Labute approximate surface area is 129 Å². The maximum absolute atomic E-state index is 9.56. The van der Waals surface area contributed by atoms with Gasteiger partial charge in [0.2, 0.25) is 5.95 Å². The highest BCUT2D eigenvalue weighted by Gasteiger charge is 2.20. The van der Waals surface area contributed by atoms with E-state index in [1.54, 1.807) is 6.20 Å². The normalized spacial score (nSPS) is 21.7. The average molecular weight is 303 g/mol. The third-order valence-corrected chi connectivity index (χ3v) is 3.95. The molecule has 1 aliphatic carbocycles. The summed E-state index contributed by atoms with van der Waals surface area (Å²) in [5.41, 5.74) is 0.740. The van der Waals surface area contributed by atoms with Crippen molar-refractivity contribution < 1.29 is 14.9 Å². The number of hydrogen-bond donors (Lipinski definition) is 3. The standard InChI is InChI=1S/C16H21N3O3/c20-8-9-22-14-3-1-2-11-10-17-16(19-15(11)14)18-12-4-6-13(21)7-5-12/h1-3,10,12-13,20-21H,4-9H2,(H,17,18,19)/t12-,13-. The molecule has 3 N–H and O–H groups in total. The first-order valence-electron chi connectivity index (χ1n) is 7.70. The van der Waals surface area contributed by atoms with Crippen LogP contribution in [0.2, 0.25) is 0 Å². The first-order chi connectivity index (χ1) is 10.8. The summed E-state index contributed by atoms with van der Waals surface area (Å²) >= 11 is 0. The van der Waals surface area contributed by atoms with Gasteiger partial charge in [0.1, 0.15) is 17.9 Å². The van der Waals surface area contributed by atoms with E-state index in [1.165, 1.54) is 0 Å². The summed E-state index contributed by atoms with van der Waals surface area (Å²) < 4.78 is 5.53. The van der Waals surface area contributed by atoms with Gasteiger partial charge in [-0.15, -0.1) is 0 Å². The number of fused-ring (bicyclic) bond motifs is 1. The minimum Gasteiger partial charge on any atom is -0.489 e. The molecule has 0 amide bonds. The van der Waals surface area contributed by atoms with Crippen molar-refractivity contribution in [1.29, 1.82) is 0 Å². The Morgan fingerprint density at radius 2 is 2.05 bits per heavy atom. The van der Waals surface area contributed by atoms with Crippen LogP contribution in [0, 0.1) is 0 Å². The number of para-hydroxylation sites is 1. The van der Waals surface area contributed by atoms with Gasteiger partial charge in [-0.25, -0.2) is 9.97 Å². The number of anilines is 1. The third-order valence-electron chi connectivity index (χ3n) is 3.95. The molecule has 0 aliphatic heterocycles. The van der Waals surface area contributed by atoms with E-state index in [-0.39, 0.29) is 19.3 Å². The van der Waals surface area contributed by atoms with E-state index in [0.717, 1.165) is 36.6 Å². The highest BCUT2D eigenvalue weighted by molar-refractivity contribution is 5.84. The predicted molar refractivity (Wildman–Crippen MR) is 84.0 cm³/mol. The van der Waals surface area contributed by atoms with Crippen LogP contribution in [0.15, 0.2) is 24.4 Å². The lowest BCUT2D eigenvalue weighted by Crippen LogP contribution is -2.28. The summed E-state index contributed by atoms with van der Waals surface area (Å²) in [4.78, 5) is 8.90. The van der Waals surface area contributed by atoms with Crippen LogP contribution in [0.1, 0.15) is 25.7 Å². The molecule has 0 unspecified atom stereocenters. The van der Waals surface area contributed by atoms with Crippen molar-refractivity contribution in [2.75, 3.05) is 18.5 Å². The fraction of sp³-hybridized carbons (Fsp3) is 0.500. The van der Waals surface area contributed by atoms with Crippen molar-refractivity contribution in [3.05, 3.63) is 24.4 Å². The summed E-state index contributed by atoms with van der Waals surface area (Å²) in [5, 5.41) is 22.7. The van der Waals surface area contributed by atoms with Crippen molar-refractivity contribution in [3.63, 3.8) is 0 Å². The molecule has 22 heavy (non-hydrogen) atoms. The second-order valence-corrected chi connectivity index (χ2v) is 5.61. The highest BCUT2D eigenvalue weighted by atomic mass is 16.5. The number of aromatic nitrogens is 2. The number of hydrogen-bond acceptors (Lipinski definition) is 6. The lowest BCUT2D eigenvalue weighted by atomic mass is 9.93. The van der Waals surface area contributed by atoms with Gasteiger partial charge in [-0.05, 0) is 31.7 Å². The third kappa shape index (κ3) is 3.45. The Hall–Kier alpha value is -1.92. The van der Waals surface area contributed by atoms with Gasteiger partial charge >= 0.3 is 0 Å². The topological polar surface area (TPSA) is 87.5 Å². The minimum atomic E-state index is -0.172. The van der Waals surface area contributed by atoms with Crippen LogP contribution in [0.25, 0.3) is 10.9 Å². The van der Waals surface area contributed by atoms with Crippen molar-refractivity contribution in [2.45, 2.75) is 37.8 Å². The van der Waals surface area contributed by atoms with E-state index in [1.807, 2.05) is 18.2 Å². The molecule has 1 aromatic heterocycles. The summed E-state index contributed by atoms with van der Waals surface area (Å²) in [7, 11) is 0.